The Bertz CT molecular complexity index is 1270. The van der Waals surface area contributed by atoms with Gasteiger partial charge in [0.1, 0.15) is 30.4 Å². The fourth-order valence-electron chi connectivity index (χ4n) is 4.86. The van der Waals surface area contributed by atoms with Gasteiger partial charge in [-0.3, -0.25) is 4.57 Å². The van der Waals surface area contributed by atoms with Crippen molar-refractivity contribution in [3.63, 3.8) is 0 Å². The second-order valence-electron chi connectivity index (χ2n) is 9.76. The Morgan fingerprint density at radius 1 is 1.03 bits per heavy atom. The summed E-state index contributed by atoms with van der Waals surface area (Å²) >= 11 is 0. The molecule has 2 aliphatic rings. The Labute approximate surface area is 223 Å². The highest BCUT2D eigenvalue weighted by Crippen LogP contribution is 2.32. The molecule has 5 rings (SSSR count). The maximum atomic E-state index is 12.9. The largest absolute Gasteiger partial charge is 0.494 e. The maximum Gasteiger partial charge on any atom is 0.416 e. The lowest BCUT2D eigenvalue weighted by atomic mass is 9.93. The number of ether oxygens (including phenoxy) is 3. The van der Waals surface area contributed by atoms with Crippen LogP contribution in [-0.2, 0) is 12.7 Å². The van der Waals surface area contributed by atoms with Crippen LogP contribution in [0.5, 0.6) is 17.5 Å². The Kier molecular flexibility index (Phi) is 7.80. The van der Waals surface area contributed by atoms with Gasteiger partial charge >= 0.3 is 18.0 Å². The number of hydrogen-bond donors (Lipinski definition) is 0. The molecular weight excluding hydrogens is 517 g/mol. The molecule has 1 saturated heterocycles. The molecule has 0 N–H and O–H groups in total. The first-order valence-corrected chi connectivity index (χ1v) is 12.9. The number of nitro groups is 1. The van der Waals surface area contributed by atoms with Crippen molar-refractivity contribution in [3.05, 3.63) is 70.4 Å². The number of rotatable bonds is 9. The van der Waals surface area contributed by atoms with Crippen LogP contribution in [0.2, 0.25) is 0 Å². The van der Waals surface area contributed by atoms with Gasteiger partial charge in [-0.05, 0) is 72.6 Å². The number of alkyl halides is 3. The molecule has 1 unspecified atom stereocenters. The van der Waals surface area contributed by atoms with Gasteiger partial charge < -0.3 is 29.2 Å². The van der Waals surface area contributed by atoms with Crippen LogP contribution in [0.3, 0.4) is 0 Å². The summed E-state index contributed by atoms with van der Waals surface area (Å²) in [6.45, 7) is 3.07. The highest BCUT2D eigenvalue weighted by atomic mass is 19.4. The third-order valence-electron chi connectivity index (χ3n) is 7.09. The van der Waals surface area contributed by atoms with E-state index in [1.165, 1.54) is 12.3 Å². The monoisotopic (exact) mass is 546 g/mol. The van der Waals surface area contributed by atoms with Gasteiger partial charge in [0.15, 0.2) is 0 Å². The summed E-state index contributed by atoms with van der Waals surface area (Å²) in [7, 11) is 0. The summed E-state index contributed by atoms with van der Waals surface area (Å²) in [4.78, 5) is 16.6. The molecule has 0 spiro atoms. The van der Waals surface area contributed by atoms with Gasteiger partial charge in [0.2, 0.25) is 0 Å². The summed E-state index contributed by atoms with van der Waals surface area (Å²) in [5.74, 6) is 1.19. The van der Waals surface area contributed by atoms with Crippen LogP contribution in [0.4, 0.5) is 24.7 Å². The van der Waals surface area contributed by atoms with Crippen LogP contribution < -0.4 is 19.1 Å². The average molecular weight is 547 g/mol. The Morgan fingerprint density at radius 3 is 2.51 bits per heavy atom. The minimum atomic E-state index is -4.38. The fourth-order valence-corrected chi connectivity index (χ4v) is 4.86. The van der Waals surface area contributed by atoms with E-state index in [1.54, 1.807) is 10.6 Å². The zero-order valence-electron chi connectivity index (χ0n) is 21.2. The van der Waals surface area contributed by atoms with Crippen LogP contribution in [0, 0.1) is 16.0 Å². The average Bonchev–Trinajstić information content (AvgIpc) is 3.37. The van der Waals surface area contributed by atoms with Crippen LogP contribution in [0.15, 0.2) is 54.7 Å². The van der Waals surface area contributed by atoms with Crippen molar-refractivity contribution in [1.29, 1.82) is 0 Å². The standard InChI is InChI=1S/C27H29F3N4O5/c28-27(29,30)20-2-1-3-23(16-20)37-15-11-19-8-12-32(13-9-19)21-4-6-22(7-5-21)38-18-24-10-14-33-17-25(34(35)36)31-26(33)39-24/h1-7,16-17,19,24H,8-15,18H2. The van der Waals surface area contributed by atoms with Crippen LogP contribution in [0.25, 0.3) is 0 Å². The zero-order chi connectivity index (χ0) is 27.4. The van der Waals surface area contributed by atoms with Gasteiger partial charge in [-0.1, -0.05) is 6.07 Å². The smallest absolute Gasteiger partial charge is 0.416 e. The van der Waals surface area contributed by atoms with Crippen LogP contribution >= 0.6 is 0 Å². The third-order valence-corrected chi connectivity index (χ3v) is 7.09. The number of nitrogens with zero attached hydrogens (tertiary/aromatic N) is 4. The SMILES string of the molecule is O=[N+]([O-])c1cn2c(n1)OC(COc1ccc(N3CCC(CCOc4cccc(C(F)(F)F)c4)CC3)cc1)CC2. The number of aromatic nitrogens is 2. The normalized spacial score (nSPS) is 17.8. The molecule has 1 atom stereocenters. The lowest BCUT2D eigenvalue weighted by Crippen LogP contribution is -2.34. The quantitative estimate of drug-likeness (QED) is 0.250. The van der Waals surface area contributed by atoms with E-state index < -0.39 is 16.7 Å². The van der Waals surface area contributed by atoms with Gasteiger partial charge in [0.25, 0.3) is 0 Å². The van der Waals surface area contributed by atoms with Crippen molar-refractivity contribution in [2.45, 2.75) is 44.5 Å². The summed E-state index contributed by atoms with van der Waals surface area (Å²) in [6.07, 6.45) is 0.192. The van der Waals surface area contributed by atoms with Gasteiger partial charge in [-0.2, -0.15) is 13.2 Å². The molecule has 0 saturated carbocycles. The number of anilines is 1. The Morgan fingerprint density at radius 2 is 1.79 bits per heavy atom. The number of halogens is 3. The molecular formula is C27H29F3N4O5. The first-order chi connectivity index (χ1) is 18.7. The molecule has 2 aromatic carbocycles. The number of imidazole rings is 1. The number of fused-ring (bicyclic) bond motifs is 1. The molecule has 1 aromatic heterocycles. The minimum Gasteiger partial charge on any atom is -0.494 e. The highest BCUT2D eigenvalue weighted by molar-refractivity contribution is 5.49. The molecule has 0 amide bonds. The summed E-state index contributed by atoms with van der Waals surface area (Å²) < 4.78 is 57.5. The number of aryl methyl sites for hydroxylation is 1. The molecule has 0 aliphatic carbocycles. The second kappa shape index (κ2) is 11.4. The van der Waals surface area contributed by atoms with E-state index in [2.05, 4.69) is 9.88 Å². The van der Waals surface area contributed by atoms with Crippen molar-refractivity contribution >= 4 is 11.5 Å². The Balaban J connectivity index is 1.03. The molecule has 0 bridgehead atoms. The topological polar surface area (TPSA) is 91.9 Å². The van der Waals surface area contributed by atoms with E-state index in [4.69, 9.17) is 14.2 Å². The van der Waals surface area contributed by atoms with Crippen molar-refractivity contribution in [3.8, 4) is 17.5 Å². The van der Waals surface area contributed by atoms with E-state index in [0.29, 0.717) is 37.8 Å². The highest BCUT2D eigenvalue weighted by Gasteiger charge is 2.31. The molecule has 208 valence electrons. The molecule has 12 heteroatoms. The third kappa shape index (κ3) is 6.73. The van der Waals surface area contributed by atoms with Crippen LogP contribution in [-0.4, -0.2) is 46.9 Å². The molecule has 0 radical (unpaired) electrons. The lowest BCUT2D eigenvalue weighted by molar-refractivity contribution is -0.389. The fraction of sp³-hybridized carbons (Fsp3) is 0.444. The van der Waals surface area contributed by atoms with E-state index in [9.17, 15) is 23.3 Å². The molecule has 3 aromatic rings. The van der Waals surface area contributed by atoms with Gasteiger partial charge in [0.05, 0.1) is 12.2 Å². The summed E-state index contributed by atoms with van der Waals surface area (Å²) in [5.41, 5.74) is 0.400. The van der Waals surface area contributed by atoms with Crippen molar-refractivity contribution in [2.24, 2.45) is 5.92 Å². The zero-order valence-corrected chi connectivity index (χ0v) is 21.2. The Hall–Kier alpha value is -3.96. The first-order valence-electron chi connectivity index (χ1n) is 12.9. The van der Waals surface area contributed by atoms with Gasteiger partial charge in [-0.25, -0.2) is 0 Å². The molecule has 1 fully saturated rings. The van der Waals surface area contributed by atoms with Crippen molar-refractivity contribution in [2.75, 3.05) is 31.2 Å². The van der Waals surface area contributed by atoms with Crippen molar-refractivity contribution in [1.82, 2.24) is 9.55 Å². The minimum absolute atomic E-state index is 0.227. The van der Waals surface area contributed by atoms with E-state index in [1.807, 2.05) is 24.3 Å². The predicted octanol–water partition coefficient (Wildman–Crippen LogP) is 5.73. The molecule has 9 nitrogen and oxygen atoms in total. The molecule has 39 heavy (non-hydrogen) atoms. The summed E-state index contributed by atoms with van der Waals surface area (Å²) in [5, 5.41) is 10.9. The molecule has 3 heterocycles. The molecule has 2 aliphatic heterocycles. The van der Waals surface area contributed by atoms with E-state index >= 15 is 0 Å². The predicted molar refractivity (Wildman–Crippen MR) is 136 cm³/mol. The van der Waals surface area contributed by atoms with E-state index in [0.717, 1.165) is 50.2 Å². The first kappa shape index (κ1) is 26.6. The summed E-state index contributed by atoms with van der Waals surface area (Å²) in [6, 6.07) is 13.1. The van der Waals surface area contributed by atoms with E-state index in [-0.39, 0.29) is 23.7 Å². The number of hydrogen-bond acceptors (Lipinski definition) is 7. The number of benzene rings is 2. The second-order valence-corrected chi connectivity index (χ2v) is 9.76. The van der Waals surface area contributed by atoms with Crippen LogP contribution in [0.1, 0.15) is 31.2 Å². The van der Waals surface area contributed by atoms with Gasteiger partial charge in [0, 0.05) is 36.7 Å². The van der Waals surface area contributed by atoms with Gasteiger partial charge in [-0.15, -0.1) is 0 Å². The number of piperidine rings is 1. The van der Waals surface area contributed by atoms with Crippen molar-refractivity contribution < 1.29 is 32.3 Å². The lowest BCUT2D eigenvalue weighted by Gasteiger charge is -2.33. The maximum absolute atomic E-state index is 12.9.